The minimum atomic E-state index is -0.428. The van der Waals surface area contributed by atoms with Crippen LogP contribution in [-0.4, -0.2) is 25.7 Å². The Balaban J connectivity index is 1.66. The van der Waals surface area contributed by atoms with Gasteiger partial charge in [-0.3, -0.25) is 19.8 Å². The number of halogens is 1. The zero-order valence-corrected chi connectivity index (χ0v) is 18.5. The van der Waals surface area contributed by atoms with Gasteiger partial charge in [-0.05, 0) is 57.0 Å². The van der Waals surface area contributed by atoms with E-state index >= 15 is 0 Å². The summed E-state index contributed by atoms with van der Waals surface area (Å²) in [6.07, 6.45) is 3.39. The third kappa shape index (κ3) is 4.11. The third-order valence-corrected chi connectivity index (χ3v) is 5.83. The van der Waals surface area contributed by atoms with E-state index in [2.05, 4.69) is 20.4 Å². The highest BCUT2D eigenvalue weighted by atomic mass is 32.1. The lowest BCUT2D eigenvalue weighted by molar-refractivity contribution is 0.102. The predicted octanol–water partition coefficient (Wildman–Crippen LogP) is 5.66. The summed E-state index contributed by atoms with van der Waals surface area (Å²) in [5, 5.41) is 9.60. The highest BCUT2D eigenvalue weighted by Crippen LogP contribution is 2.29. The molecule has 0 aliphatic rings. The first-order valence-corrected chi connectivity index (χ1v) is 10.8. The van der Waals surface area contributed by atoms with Gasteiger partial charge >= 0.3 is 0 Å². The average Bonchev–Trinajstić information content (AvgIpc) is 3.38. The van der Waals surface area contributed by atoms with Gasteiger partial charge in [0.25, 0.3) is 5.91 Å². The first kappa shape index (κ1) is 20.9. The Labute approximate surface area is 183 Å². The van der Waals surface area contributed by atoms with E-state index in [1.165, 1.54) is 17.4 Å². The molecule has 1 N–H and O–H groups in total. The van der Waals surface area contributed by atoms with E-state index < -0.39 is 5.82 Å². The second kappa shape index (κ2) is 8.39. The van der Waals surface area contributed by atoms with Gasteiger partial charge < -0.3 is 0 Å². The number of amides is 1. The molecule has 31 heavy (non-hydrogen) atoms. The van der Waals surface area contributed by atoms with Crippen LogP contribution in [0.3, 0.4) is 0 Å². The van der Waals surface area contributed by atoms with Gasteiger partial charge in [-0.25, -0.2) is 9.37 Å². The molecule has 1 aromatic carbocycles. The number of pyridine rings is 1. The van der Waals surface area contributed by atoms with E-state index in [0.717, 1.165) is 16.8 Å². The second-order valence-electron chi connectivity index (χ2n) is 7.54. The Bertz CT molecular complexity index is 1260. The molecule has 4 aromatic rings. The number of aryl methyl sites for hydroxylation is 1. The van der Waals surface area contributed by atoms with Crippen LogP contribution in [0.2, 0.25) is 0 Å². The first-order valence-electron chi connectivity index (χ1n) is 9.88. The number of nitrogens with one attached hydrogen (secondary N) is 1. The van der Waals surface area contributed by atoms with Crippen molar-refractivity contribution in [3.63, 3.8) is 0 Å². The van der Waals surface area contributed by atoms with Crippen LogP contribution in [0.4, 0.5) is 9.52 Å². The predicted molar refractivity (Wildman–Crippen MR) is 121 cm³/mol. The van der Waals surface area contributed by atoms with Gasteiger partial charge in [0.2, 0.25) is 0 Å². The van der Waals surface area contributed by atoms with Crippen LogP contribution in [0.1, 0.15) is 41.4 Å². The molecule has 0 saturated heterocycles. The molecule has 1 amide bonds. The van der Waals surface area contributed by atoms with E-state index in [1.54, 1.807) is 35.3 Å². The molecule has 0 aliphatic carbocycles. The Morgan fingerprint density at radius 2 is 1.94 bits per heavy atom. The SMILES string of the molecule is Cc1ccnc(-c2csc(NC(=O)c3cn(C(C)C)nc3-c3ccccc3F)n2)c1C. The van der Waals surface area contributed by atoms with E-state index in [9.17, 15) is 9.18 Å². The smallest absolute Gasteiger partial charge is 0.261 e. The van der Waals surface area contributed by atoms with Gasteiger partial charge in [-0.1, -0.05) is 12.1 Å². The molecule has 3 aromatic heterocycles. The van der Waals surface area contributed by atoms with E-state index in [4.69, 9.17) is 0 Å². The van der Waals surface area contributed by atoms with Gasteiger partial charge in [0.15, 0.2) is 5.13 Å². The number of aromatic nitrogens is 4. The maximum Gasteiger partial charge on any atom is 0.261 e. The van der Waals surface area contributed by atoms with Crippen molar-refractivity contribution in [3.8, 4) is 22.6 Å². The van der Waals surface area contributed by atoms with Crippen LogP contribution in [0, 0.1) is 19.7 Å². The van der Waals surface area contributed by atoms with Gasteiger partial charge in [0.05, 0.1) is 11.3 Å². The molecule has 4 rings (SSSR count). The lowest BCUT2D eigenvalue weighted by Crippen LogP contribution is -2.12. The summed E-state index contributed by atoms with van der Waals surface area (Å²) in [6.45, 7) is 7.91. The van der Waals surface area contributed by atoms with Crippen LogP contribution < -0.4 is 5.32 Å². The molecule has 0 unspecified atom stereocenters. The fourth-order valence-electron chi connectivity index (χ4n) is 3.17. The molecule has 0 fully saturated rings. The first-order chi connectivity index (χ1) is 14.8. The van der Waals surface area contributed by atoms with Crippen LogP contribution >= 0.6 is 11.3 Å². The third-order valence-electron chi connectivity index (χ3n) is 5.08. The number of benzene rings is 1. The van der Waals surface area contributed by atoms with Crippen LogP contribution in [0.25, 0.3) is 22.6 Å². The lowest BCUT2D eigenvalue weighted by atomic mass is 10.1. The molecular formula is C23H22FN5OS. The summed E-state index contributed by atoms with van der Waals surface area (Å²) in [4.78, 5) is 22.0. The summed E-state index contributed by atoms with van der Waals surface area (Å²) in [5.41, 5.74) is 4.54. The maximum atomic E-state index is 14.4. The average molecular weight is 436 g/mol. The number of carbonyl (C=O) groups is 1. The molecule has 3 heterocycles. The summed E-state index contributed by atoms with van der Waals surface area (Å²) >= 11 is 1.32. The fourth-order valence-corrected chi connectivity index (χ4v) is 3.86. The number of hydrogen-bond acceptors (Lipinski definition) is 5. The highest BCUT2D eigenvalue weighted by Gasteiger charge is 2.22. The zero-order chi connectivity index (χ0) is 22.1. The molecule has 0 aliphatic heterocycles. The molecule has 0 radical (unpaired) electrons. The van der Waals surface area contributed by atoms with Gasteiger partial charge in [0, 0.05) is 29.4 Å². The topological polar surface area (TPSA) is 72.7 Å². The summed E-state index contributed by atoms with van der Waals surface area (Å²) in [7, 11) is 0. The minimum absolute atomic E-state index is 0.0221. The molecule has 0 saturated carbocycles. The number of carbonyl (C=O) groups excluding carboxylic acids is 1. The number of anilines is 1. The molecule has 0 spiro atoms. The van der Waals surface area contributed by atoms with E-state index in [-0.39, 0.29) is 17.5 Å². The van der Waals surface area contributed by atoms with E-state index in [1.807, 2.05) is 39.1 Å². The van der Waals surface area contributed by atoms with E-state index in [0.29, 0.717) is 22.1 Å². The Morgan fingerprint density at radius 1 is 1.16 bits per heavy atom. The Morgan fingerprint density at radius 3 is 2.68 bits per heavy atom. The second-order valence-corrected chi connectivity index (χ2v) is 8.40. The van der Waals surface area contributed by atoms with Gasteiger partial charge in [-0.15, -0.1) is 11.3 Å². The van der Waals surface area contributed by atoms with Gasteiger partial charge in [-0.2, -0.15) is 5.10 Å². The van der Waals surface area contributed by atoms with Crippen LogP contribution in [0.5, 0.6) is 0 Å². The van der Waals surface area contributed by atoms with Crippen molar-refractivity contribution >= 4 is 22.4 Å². The maximum absolute atomic E-state index is 14.4. The summed E-state index contributed by atoms with van der Waals surface area (Å²) in [5.74, 6) is -0.817. The minimum Gasteiger partial charge on any atom is -0.298 e. The lowest BCUT2D eigenvalue weighted by Gasteiger charge is -2.05. The molecular weight excluding hydrogens is 413 g/mol. The monoisotopic (exact) mass is 435 g/mol. The largest absolute Gasteiger partial charge is 0.298 e. The normalized spacial score (nSPS) is 11.2. The van der Waals surface area contributed by atoms with Crippen molar-refractivity contribution in [3.05, 3.63) is 70.6 Å². The fraction of sp³-hybridized carbons (Fsp3) is 0.217. The Hall–Kier alpha value is -3.39. The van der Waals surface area contributed by atoms with Crippen molar-refractivity contribution < 1.29 is 9.18 Å². The number of rotatable bonds is 5. The molecule has 0 atom stereocenters. The standard InChI is InChI=1S/C23H22FN5OS/c1-13(2)29-11-17(21(28-29)16-7-5-6-8-18(16)24)22(30)27-23-26-19(12-31-23)20-15(4)14(3)9-10-25-20/h5-13H,1-4H3,(H,26,27,30). The molecule has 0 bridgehead atoms. The van der Waals surface area contributed by atoms with Crippen molar-refractivity contribution in [2.75, 3.05) is 5.32 Å². The summed E-state index contributed by atoms with van der Waals surface area (Å²) in [6, 6.07) is 8.27. The summed E-state index contributed by atoms with van der Waals surface area (Å²) < 4.78 is 16.1. The quantitative estimate of drug-likeness (QED) is 0.439. The number of hydrogen-bond donors (Lipinski definition) is 1. The molecule has 8 heteroatoms. The molecule has 6 nitrogen and oxygen atoms in total. The van der Waals surface area contributed by atoms with Gasteiger partial charge in [0.1, 0.15) is 17.2 Å². The number of nitrogens with zero attached hydrogens (tertiary/aromatic N) is 4. The van der Waals surface area contributed by atoms with Crippen molar-refractivity contribution in [2.45, 2.75) is 33.7 Å². The molecule has 158 valence electrons. The van der Waals surface area contributed by atoms with Crippen molar-refractivity contribution in [1.82, 2.24) is 19.7 Å². The van der Waals surface area contributed by atoms with Crippen LogP contribution in [-0.2, 0) is 0 Å². The van der Waals surface area contributed by atoms with Crippen molar-refractivity contribution in [2.24, 2.45) is 0 Å². The van der Waals surface area contributed by atoms with Crippen molar-refractivity contribution in [1.29, 1.82) is 0 Å². The van der Waals surface area contributed by atoms with Crippen LogP contribution in [0.15, 0.2) is 48.1 Å². The zero-order valence-electron chi connectivity index (χ0n) is 17.7. The highest BCUT2D eigenvalue weighted by molar-refractivity contribution is 7.14. The number of thiazole rings is 1. The Kier molecular flexibility index (Phi) is 5.65.